The van der Waals surface area contributed by atoms with Crippen LogP contribution >= 0.6 is 27.5 Å². The lowest BCUT2D eigenvalue weighted by Crippen LogP contribution is -1.90. The summed E-state index contributed by atoms with van der Waals surface area (Å²) in [5.41, 5.74) is 4.34. The number of benzene rings is 2. The van der Waals surface area contributed by atoms with Gasteiger partial charge in [-0.2, -0.15) is 0 Å². The molecule has 0 radical (unpaired) electrons. The number of hydrogen-bond donors (Lipinski definition) is 0. The Hall–Kier alpha value is -2.10. The maximum atomic E-state index is 6.39. The average Bonchev–Trinajstić information content (AvgIpc) is 2.97. The van der Waals surface area contributed by atoms with Gasteiger partial charge < -0.3 is 4.57 Å². The smallest absolute Gasteiger partial charge is 0.106 e. The van der Waals surface area contributed by atoms with Crippen LogP contribution in [0.1, 0.15) is 0 Å². The predicted molar refractivity (Wildman–Crippen MR) is 99.2 cm³/mol. The van der Waals surface area contributed by atoms with E-state index >= 15 is 0 Å². The van der Waals surface area contributed by atoms with E-state index in [1.54, 1.807) is 6.20 Å². The number of rotatable bonds is 2. The normalized spacial score (nSPS) is 11.0. The molecule has 0 aliphatic carbocycles. The van der Waals surface area contributed by atoms with Gasteiger partial charge in [0.15, 0.2) is 0 Å². The zero-order valence-electron chi connectivity index (χ0n) is 12.1. The molecule has 0 atom stereocenters. The summed E-state index contributed by atoms with van der Waals surface area (Å²) in [7, 11) is 0. The molecule has 2 nitrogen and oxygen atoms in total. The molecule has 4 heteroatoms. The van der Waals surface area contributed by atoms with E-state index in [0.29, 0.717) is 5.02 Å². The molecule has 0 fully saturated rings. The summed E-state index contributed by atoms with van der Waals surface area (Å²) in [6, 6.07) is 20.6. The summed E-state index contributed by atoms with van der Waals surface area (Å²) in [6.45, 7) is 0. The Labute approximate surface area is 147 Å². The highest BCUT2D eigenvalue weighted by Gasteiger charge is 2.14. The number of fused-ring (bicyclic) bond motifs is 1. The van der Waals surface area contributed by atoms with Crippen LogP contribution in [0.4, 0.5) is 0 Å². The van der Waals surface area contributed by atoms with E-state index in [2.05, 4.69) is 62.0 Å². The molecule has 0 bridgehead atoms. The van der Waals surface area contributed by atoms with Crippen LogP contribution in [0.15, 0.2) is 77.7 Å². The average molecular weight is 384 g/mol. The molecule has 0 spiro atoms. The number of para-hydroxylation sites is 2. The highest BCUT2D eigenvalue weighted by Crippen LogP contribution is 2.36. The molecule has 0 aliphatic rings. The van der Waals surface area contributed by atoms with Gasteiger partial charge in [0.1, 0.15) is 4.60 Å². The van der Waals surface area contributed by atoms with Crippen LogP contribution in [0.2, 0.25) is 5.02 Å². The van der Waals surface area contributed by atoms with Gasteiger partial charge in [0.25, 0.3) is 0 Å². The van der Waals surface area contributed by atoms with Gasteiger partial charge in [0.2, 0.25) is 0 Å². The number of aromatic nitrogens is 2. The van der Waals surface area contributed by atoms with E-state index in [9.17, 15) is 0 Å². The van der Waals surface area contributed by atoms with Crippen molar-refractivity contribution in [2.24, 2.45) is 0 Å². The summed E-state index contributed by atoms with van der Waals surface area (Å²) < 4.78 is 2.96. The Morgan fingerprint density at radius 3 is 2.48 bits per heavy atom. The molecular formula is C19H12BrClN2. The largest absolute Gasteiger partial charge is 0.316 e. The third-order valence-corrected chi connectivity index (χ3v) is 4.59. The van der Waals surface area contributed by atoms with Crippen LogP contribution in [-0.4, -0.2) is 9.55 Å². The van der Waals surface area contributed by atoms with Gasteiger partial charge in [-0.25, -0.2) is 4.98 Å². The molecule has 0 unspecified atom stereocenters. The van der Waals surface area contributed by atoms with Gasteiger partial charge in [-0.05, 0) is 40.2 Å². The van der Waals surface area contributed by atoms with Crippen molar-refractivity contribution in [3.63, 3.8) is 0 Å². The summed E-state index contributed by atoms with van der Waals surface area (Å²) in [4.78, 5) is 4.19. The zero-order valence-corrected chi connectivity index (χ0v) is 14.4. The highest BCUT2D eigenvalue weighted by molar-refractivity contribution is 9.10. The summed E-state index contributed by atoms with van der Waals surface area (Å²) in [5, 5.41) is 1.81. The predicted octanol–water partition coefficient (Wildman–Crippen LogP) is 6.11. The lowest BCUT2D eigenvalue weighted by atomic mass is 10.1. The third kappa shape index (κ3) is 2.56. The molecule has 0 saturated carbocycles. The van der Waals surface area contributed by atoms with Crippen molar-refractivity contribution in [2.75, 3.05) is 0 Å². The molecule has 0 amide bonds. The van der Waals surface area contributed by atoms with Crippen molar-refractivity contribution in [2.45, 2.75) is 0 Å². The quantitative estimate of drug-likeness (QED) is 0.382. The first-order valence-corrected chi connectivity index (χ1v) is 8.38. The minimum absolute atomic E-state index is 0.643. The molecule has 2 aromatic carbocycles. The monoisotopic (exact) mass is 382 g/mol. The lowest BCUT2D eigenvalue weighted by molar-refractivity contribution is 1.13. The van der Waals surface area contributed by atoms with Crippen molar-refractivity contribution in [3.05, 3.63) is 82.7 Å². The summed E-state index contributed by atoms with van der Waals surface area (Å²) in [5.74, 6) is 0. The Balaban J connectivity index is 2.04. The number of nitrogens with zero attached hydrogens (tertiary/aromatic N) is 2. The van der Waals surface area contributed by atoms with Gasteiger partial charge in [-0.1, -0.05) is 48.0 Å². The van der Waals surface area contributed by atoms with Crippen LogP contribution in [0.3, 0.4) is 0 Å². The molecule has 0 aliphatic heterocycles. The molecule has 4 aromatic rings. The van der Waals surface area contributed by atoms with E-state index in [-0.39, 0.29) is 0 Å². The van der Waals surface area contributed by atoms with E-state index < -0.39 is 0 Å². The van der Waals surface area contributed by atoms with E-state index in [1.165, 1.54) is 0 Å². The van der Waals surface area contributed by atoms with E-state index in [1.807, 2.05) is 30.3 Å². The fourth-order valence-electron chi connectivity index (χ4n) is 2.82. The van der Waals surface area contributed by atoms with Crippen LogP contribution < -0.4 is 0 Å². The standard InChI is InChI=1S/C19H12BrClN2/c20-19-10-15(17(21)11-22-19)16-12-23(13-6-2-1-3-7-13)18-9-5-4-8-14(16)18/h1-12H. The van der Waals surface area contributed by atoms with Gasteiger partial charge in [0, 0.05) is 34.6 Å². The maximum Gasteiger partial charge on any atom is 0.106 e. The SMILES string of the molecule is Clc1cnc(Br)cc1-c1cn(-c2ccccc2)c2ccccc12. The fraction of sp³-hybridized carbons (Fsp3) is 0. The van der Waals surface area contributed by atoms with Gasteiger partial charge in [-0.3, -0.25) is 0 Å². The van der Waals surface area contributed by atoms with E-state index in [4.69, 9.17) is 11.6 Å². The van der Waals surface area contributed by atoms with Crippen molar-refractivity contribution in [3.8, 4) is 16.8 Å². The van der Waals surface area contributed by atoms with Gasteiger partial charge in [-0.15, -0.1) is 0 Å². The number of halogens is 2. The first kappa shape index (κ1) is 14.5. The Morgan fingerprint density at radius 2 is 1.65 bits per heavy atom. The highest BCUT2D eigenvalue weighted by atomic mass is 79.9. The molecule has 4 rings (SSSR count). The second-order valence-corrected chi connectivity index (χ2v) is 6.47. The Kier molecular flexibility index (Phi) is 3.68. The molecule has 112 valence electrons. The number of hydrogen-bond acceptors (Lipinski definition) is 1. The summed E-state index contributed by atoms with van der Waals surface area (Å²) >= 11 is 9.83. The van der Waals surface area contributed by atoms with Gasteiger partial charge in [0.05, 0.1) is 10.5 Å². The molecular weight excluding hydrogens is 372 g/mol. The second-order valence-electron chi connectivity index (χ2n) is 5.25. The minimum atomic E-state index is 0.643. The van der Waals surface area contributed by atoms with Gasteiger partial charge >= 0.3 is 0 Å². The van der Waals surface area contributed by atoms with Crippen LogP contribution in [-0.2, 0) is 0 Å². The number of pyridine rings is 1. The Morgan fingerprint density at radius 1 is 0.913 bits per heavy atom. The Bertz CT molecular complexity index is 993. The van der Waals surface area contributed by atoms with Crippen molar-refractivity contribution < 1.29 is 0 Å². The molecule has 0 saturated heterocycles. The zero-order chi connectivity index (χ0) is 15.8. The molecule has 0 N–H and O–H groups in total. The molecule has 2 heterocycles. The first-order chi connectivity index (χ1) is 11.2. The summed E-state index contributed by atoms with van der Waals surface area (Å²) in [6.07, 6.45) is 3.81. The topological polar surface area (TPSA) is 17.8 Å². The molecule has 23 heavy (non-hydrogen) atoms. The van der Waals surface area contributed by atoms with Crippen LogP contribution in [0.5, 0.6) is 0 Å². The van der Waals surface area contributed by atoms with Crippen molar-refractivity contribution >= 4 is 38.4 Å². The van der Waals surface area contributed by atoms with Crippen LogP contribution in [0.25, 0.3) is 27.7 Å². The lowest BCUT2D eigenvalue weighted by Gasteiger charge is -2.04. The minimum Gasteiger partial charge on any atom is -0.316 e. The molecule has 2 aromatic heterocycles. The van der Waals surface area contributed by atoms with Crippen molar-refractivity contribution in [1.82, 2.24) is 9.55 Å². The second kappa shape index (κ2) is 5.84. The van der Waals surface area contributed by atoms with Crippen LogP contribution in [0, 0.1) is 0 Å². The first-order valence-electron chi connectivity index (χ1n) is 7.21. The maximum absolute atomic E-state index is 6.39. The van der Waals surface area contributed by atoms with Crippen molar-refractivity contribution in [1.29, 1.82) is 0 Å². The third-order valence-electron chi connectivity index (χ3n) is 3.86. The van der Waals surface area contributed by atoms with E-state index in [0.717, 1.165) is 32.3 Å². The fourth-order valence-corrected chi connectivity index (χ4v) is 3.35.